The van der Waals surface area contributed by atoms with Gasteiger partial charge in [0.05, 0.1) is 37.0 Å². The maximum atomic E-state index is 4.65. The van der Waals surface area contributed by atoms with Gasteiger partial charge in [0.1, 0.15) is 0 Å². The van der Waals surface area contributed by atoms with Crippen molar-refractivity contribution in [3.05, 3.63) is 60.2 Å². The molecule has 6 nitrogen and oxygen atoms in total. The number of nitrogens with zero attached hydrogens (tertiary/aromatic N) is 6. The standard InChI is InChI=1S/C13H14N6/c1-11-6-12(8-18-4-2-14-10-18)16-13(7-11)9-19-5-3-15-17-19/h2-7,10H,8-9H2,1H3. The summed E-state index contributed by atoms with van der Waals surface area (Å²) < 4.78 is 3.77. The van der Waals surface area contributed by atoms with Crippen LogP contribution in [0.3, 0.4) is 0 Å². The Morgan fingerprint density at radius 2 is 1.89 bits per heavy atom. The first-order chi connectivity index (χ1) is 9.29. The molecule has 3 aromatic heterocycles. The lowest BCUT2D eigenvalue weighted by molar-refractivity contribution is 0.633. The third-order valence-corrected chi connectivity index (χ3v) is 2.78. The first-order valence-corrected chi connectivity index (χ1v) is 6.06. The Kier molecular flexibility index (Phi) is 3.06. The van der Waals surface area contributed by atoms with E-state index in [0.717, 1.165) is 17.9 Å². The van der Waals surface area contributed by atoms with Gasteiger partial charge in [0.15, 0.2) is 0 Å². The summed E-state index contributed by atoms with van der Waals surface area (Å²) >= 11 is 0. The fourth-order valence-electron chi connectivity index (χ4n) is 2.03. The molecule has 0 spiro atoms. The number of rotatable bonds is 4. The van der Waals surface area contributed by atoms with Crippen LogP contribution in [0.2, 0.25) is 0 Å². The normalized spacial score (nSPS) is 10.8. The van der Waals surface area contributed by atoms with Crippen molar-refractivity contribution in [1.29, 1.82) is 0 Å². The summed E-state index contributed by atoms with van der Waals surface area (Å²) in [5.41, 5.74) is 3.20. The molecular weight excluding hydrogens is 240 g/mol. The molecule has 0 saturated heterocycles. The molecule has 0 N–H and O–H groups in total. The van der Waals surface area contributed by atoms with E-state index in [-0.39, 0.29) is 0 Å². The van der Waals surface area contributed by atoms with Gasteiger partial charge in [0, 0.05) is 18.6 Å². The topological polar surface area (TPSA) is 61.4 Å². The van der Waals surface area contributed by atoms with Gasteiger partial charge in [-0.1, -0.05) is 5.21 Å². The molecule has 0 bridgehead atoms. The van der Waals surface area contributed by atoms with E-state index in [4.69, 9.17) is 0 Å². The van der Waals surface area contributed by atoms with Crippen LogP contribution in [-0.4, -0.2) is 29.5 Å². The maximum absolute atomic E-state index is 4.65. The van der Waals surface area contributed by atoms with E-state index in [9.17, 15) is 0 Å². The number of pyridine rings is 1. The summed E-state index contributed by atoms with van der Waals surface area (Å²) in [7, 11) is 0. The lowest BCUT2D eigenvalue weighted by Crippen LogP contribution is -2.07. The number of aryl methyl sites for hydroxylation is 1. The Bertz CT molecular complexity index is 587. The van der Waals surface area contributed by atoms with Crippen LogP contribution in [0.4, 0.5) is 0 Å². The Labute approximate surface area is 110 Å². The van der Waals surface area contributed by atoms with Gasteiger partial charge in [0.2, 0.25) is 0 Å². The second-order valence-corrected chi connectivity index (χ2v) is 4.46. The summed E-state index contributed by atoms with van der Waals surface area (Å²) in [4.78, 5) is 8.68. The molecule has 0 amide bonds. The van der Waals surface area contributed by atoms with Gasteiger partial charge < -0.3 is 4.57 Å². The van der Waals surface area contributed by atoms with Crippen molar-refractivity contribution < 1.29 is 0 Å². The van der Waals surface area contributed by atoms with Gasteiger partial charge >= 0.3 is 0 Å². The van der Waals surface area contributed by atoms with E-state index in [1.54, 1.807) is 23.4 Å². The minimum Gasteiger partial charge on any atom is -0.331 e. The Balaban J connectivity index is 1.83. The first kappa shape index (κ1) is 11.6. The number of aromatic nitrogens is 6. The van der Waals surface area contributed by atoms with Crippen LogP contribution in [0.5, 0.6) is 0 Å². The van der Waals surface area contributed by atoms with E-state index >= 15 is 0 Å². The molecule has 0 aliphatic rings. The molecule has 3 rings (SSSR count). The van der Waals surface area contributed by atoms with Crippen molar-refractivity contribution in [2.24, 2.45) is 0 Å². The molecule has 0 aliphatic heterocycles. The quantitative estimate of drug-likeness (QED) is 0.703. The van der Waals surface area contributed by atoms with Crippen molar-refractivity contribution >= 4 is 0 Å². The number of hydrogen-bond acceptors (Lipinski definition) is 4. The largest absolute Gasteiger partial charge is 0.331 e. The van der Waals surface area contributed by atoms with Crippen molar-refractivity contribution in [1.82, 2.24) is 29.5 Å². The van der Waals surface area contributed by atoms with E-state index in [1.807, 2.05) is 17.0 Å². The second kappa shape index (κ2) is 5.01. The van der Waals surface area contributed by atoms with Gasteiger partial charge in [-0.05, 0) is 24.6 Å². The zero-order valence-corrected chi connectivity index (χ0v) is 10.6. The highest BCUT2D eigenvalue weighted by molar-refractivity contribution is 5.20. The van der Waals surface area contributed by atoms with E-state index < -0.39 is 0 Å². The lowest BCUT2D eigenvalue weighted by atomic mass is 10.2. The molecule has 0 fully saturated rings. The Morgan fingerprint density at radius 3 is 2.58 bits per heavy atom. The van der Waals surface area contributed by atoms with Crippen LogP contribution in [0.15, 0.2) is 43.2 Å². The molecule has 0 aromatic carbocycles. The fourth-order valence-corrected chi connectivity index (χ4v) is 2.03. The van der Waals surface area contributed by atoms with E-state index in [0.29, 0.717) is 6.54 Å². The number of imidazole rings is 1. The maximum Gasteiger partial charge on any atom is 0.0949 e. The van der Waals surface area contributed by atoms with Gasteiger partial charge in [-0.25, -0.2) is 9.67 Å². The third kappa shape index (κ3) is 2.85. The minimum atomic E-state index is 0.638. The molecule has 0 saturated carbocycles. The van der Waals surface area contributed by atoms with Crippen LogP contribution in [0.1, 0.15) is 17.0 Å². The lowest BCUT2D eigenvalue weighted by Gasteiger charge is -2.07. The highest BCUT2D eigenvalue weighted by Crippen LogP contribution is 2.08. The first-order valence-electron chi connectivity index (χ1n) is 6.06. The second-order valence-electron chi connectivity index (χ2n) is 4.46. The van der Waals surface area contributed by atoms with Crippen molar-refractivity contribution in [3.8, 4) is 0 Å². The predicted octanol–water partition coefficient (Wildman–Crippen LogP) is 1.27. The smallest absolute Gasteiger partial charge is 0.0949 e. The van der Waals surface area contributed by atoms with Crippen LogP contribution in [0, 0.1) is 6.92 Å². The molecular formula is C13H14N6. The molecule has 0 radical (unpaired) electrons. The van der Waals surface area contributed by atoms with Gasteiger partial charge in [-0.15, -0.1) is 5.10 Å². The molecule has 3 heterocycles. The van der Waals surface area contributed by atoms with Gasteiger partial charge in [0.25, 0.3) is 0 Å². The summed E-state index contributed by atoms with van der Waals surface area (Å²) in [6, 6.07) is 4.16. The zero-order chi connectivity index (χ0) is 13.1. The Morgan fingerprint density at radius 1 is 1.05 bits per heavy atom. The van der Waals surface area contributed by atoms with Crippen molar-refractivity contribution in [2.45, 2.75) is 20.0 Å². The van der Waals surface area contributed by atoms with E-state index in [1.165, 1.54) is 5.56 Å². The SMILES string of the molecule is Cc1cc(Cn2ccnc2)nc(Cn2ccnn2)c1. The fraction of sp³-hybridized carbons (Fsp3) is 0.231. The Hall–Kier alpha value is -2.50. The van der Waals surface area contributed by atoms with Crippen LogP contribution < -0.4 is 0 Å². The molecule has 0 aliphatic carbocycles. The predicted molar refractivity (Wildman–Crippen MR) is 69.4 cm³/mol. The summed E-state index contributed by atoms with van der Waals surface area (Å²) in [5, 5.41) is 7.75. The summed E-state index contributed by atoms with van der Waals surface area (Å²) in [6.45, 7) is 3.44. The monoisotopic (exact) mass is 254 g/mol. The highest BCUT2D eigenvalue weighted by atomic mass is 15.4. The molecule has 6 heteroatoms. The molecule has 19 heavy (non-hydrogen) atoms. The molecule has 0 unspecified atom stereocenters. The van der Waals surface area contributed by atoms with Gasteiger partial charge in [-0.2, -0.15) is 0 Å². The molecule has 0 atom stereocenters. The zero-order valence-electron chi connectivity index (χ0n) is 10.6. The van der Waals surface area contributed by atoms with Crippen LogP contribution in [-0.2, 0) is 13.1 Å². The van der Waals surface area contributed by atoms with E-state index in [2.05, 4.69) is 39.3 Å². The number of hydrogen-bond donors (Lipinski definition) is 0. The summed E-state index contributed by atoms with van der Waals surface area (Å²) in [6.07, 6.45) is 9.00. The molecule has 96 valence electrons. The average molecular weight is 254 g/mol. The third-order valence-electron chi connectivity index (χ3n) is 2.78. The molecule has 3 aromatic rings. The van der Waals surface area contributed by atoms with Gasteiger partial charge in [-0.3, -0.25) is 4.98 Å². The van der Waals surface area contributed by atoms with Crippen molar-refractivity contribution in [3.63, 3.8) is 0 Å². The highest BCUT2D eigenvalue weighted by Gasteiger charge is 2.03. The van der Waals surface area contributed by atoms with Crippen LogP contribution in [0.25, 0.3) is 0 Å². The average Bonchev–Trinajstić information content (AvgIpc) is 3.01. The van der Waals surface area contributed by atoms with Crippen molar-refractivity contribution in [2.75, 3.05) is 0 Å². The van der Waals surface area contributed by atoms with Crippen LogP contribution >= 0.6 is 0 Å². The minimum absolute atomic E-state index is 0.638. The summed E-state index contributed by atoms with van der Waals surface area (Å²) in [5.74, 6) is 0.